The van der Waals surface area contributed by atoms with Crippen molar-refractivity contribution in [3.8, 4) is 0 Å². The Kier molecular flexibility index (Phi) is 3.45. The van der Waals surface area contributed by atoms with Gasteiger partial charge in [0.25, 0.3) is 0 Å². The Morgan fingerprint density at radius 1 is 1.18 bits per heavy atom. The van der Waals surface area contributed by atoms with Crippen LogP contribution >= 0.6 is 0 Å². The molecule has 2 atom stereocenters. The van der Waals surface area contributed by atoms with Crippen LogP contribution in [0.2, 0.25) is 0 Å². The summed E-state index contributed by atoms with van der Waals surface area (Å²) in [4.78, 5) is 19.2. The van der Waals surface area contributed by atoms with Gasteiger partial charge in [-0.15, -0.1) is 0 Å². The Hall–Kier alpha value is -2.10. The highest BCUT2D eigenvalue weighted by molar-refractivity contribution is 5.80. The van der Waals surface area contributed by atoms with Gasteiger partial charge in [0.1, 0.15) is 0 Å². The molecule has 1 fully saturated rings. The fourth-order valence-electron chi connectivity index (χ4n) is 3.71. The third-order valence-corrected chi connectivity index (χ3v) is 4.97. The number of hydrogen-bond acceptors (Lipinski definition) is 2. The van der Waals surface area contributed by atoms with Crippen molar-refractivity contribution in [1.29, 1.82) is 0 Å². The molecule has 0 saturated carbocycles. The predicted molar refractivity (Wildman–Crippen MR) is 86.4 cm³/mol. The lowest BCUT2D eigenvalue weighted by atomic mass is 9.93. The summed E-state index contributed by atoms with van der Waals surface area (Å²) in [5.74, 6) is 0.541. The zero-order chi connectivity index (χ0) is 14.9. The second kappa shape index (κ2) is 5.59. The van der Waals surface area contributed by atoms with Crippen LogP contribution in [0.4, 0.5) is 0 Å². The molecule has 4 nitrogen and oxygen atoms in total. The van der Waals surface area contributed by atoms with E-state index in [1.165, 1.54) is 5.52 Å². The van der Waals surface area contributed by atoms with Crippen molar-refractivity contribution in [2.45, 2.75) is 31.7 Å². The topological polar surface area (TPSA) is 38.1 Å². The lowest BCUT2D eigenvalue weighted by Crippen LogP contribution is -2.35. The first-order valence-electron chi connectivity index (χ1n) is 8.18. The maximum absolute atomic E-state index is 12.6. The molecule has 1 amide bonds. The molecule has 0 radical (unpaired) electrons. The van der Waals surface area contributed by atoms with E-state index in [9.17, 15) is 4.79 Å². The van der Waals surface area contributed by atoms with Gasteiger partial charge >= 0.3 is 0 Å². The molecule has 0 N–H and O–H groups in total. The Balaban J connectivity index is 1.50. The summed E-state index contributed by atoms with van der Waals surface area (Å²) in [6, 6.07) is 8.57. The van der Waals surface area contributed by atoms with E-state index >= 15 is 0 Å². The molecule has 1 aromatic heterocycles. The summed E-state index contributed by atoms with van der Waals surface area (Å²) < 4.78 is 2.24. The number of amides is 1. The van der Waals surface area contributed by atoms with E-state index < -0.39 is 0 Å². The van der Waals surface area contributed by atoms with Gasteiger partial charge in [0, 0.05) is 19.0 Å². The van der Waals surface area contributed by atoms with Gasteiger partial charge in [0.05, 0.1) is 23.4 Å². The highest BCUT2D eigenvalue weighted by Crippen LogP contribution is 2.29. The van der Waals surface area contributed by atoms with Gasteiger partial charge in [-0.05, 0) is 37.8 Å². The molecule has 0 bridgehead atoms. The monoisotopic (exact) mass is 295 g/mol. The molecule has 2 heterocycles. The lowest BCUT2D eigenvalue weighted by Gasteiger charge is -2.24. The molecular formula is C18H21N3O. The lowest BCUT2D eigenvalue weighted by molar-refractivity contribution is -0.134. The smallest absolute Gasteiger partial charge is 0.226 e. The van der Waals surface area contributed by atoms with Gasteiger partial charge in [-0.3, -0.25) is 4.79 Å². The highest BCUT2D eigenvalue weighted by Gasteiger charge is 2.31. The van der Waals surface area contributed by atoms with Crippen LogP contribution in [0.5, 0.6) is 0 Å². The highest BCUT2D eigenvalue weighted by atomic mass is 16.2. The predicted octanol–water partition coefficient (Wildman–Crippen LogP) is 3.17. The average Bonchev–Trinajstić information content (AvgIpc) is 3.21. The largest absolute Gasteiger partial charge is 0.340 e. The fraction of sp³-hybridized carbons (Fsp3) is 0.444. The minimum Gasteiger partial charge on any atom is -0.340 e. The summed E-state index contributed by atoms with van der Waals surface area (Å²) in [6.45, 7) is 1.69. The molecule has 1 aromatic carbocycles. The standard InChI is InChI=1S/C18H21N3O/c22-18(14-6-2-1-3-7-14)20-11-10-15(12-20)21-13-19-16-8-4-5-9-17(16)21/h1-2,4-5,8-9,13-15H,3,6-7,10-12H2/t14-,15-/m1/s1. The van der Waals surface area contributed by atoms with E-state index in [1.54, 1.807) is 0 Å². The molecule has 114 valence electrons. The minimum atomic E-state index is 0.197. The number of benzene rings is 1. The molecule has 0 spiro atoms. The van der Waals surface area contributed by atoms with Crippen LogP contribution in [-0.4, -0.2) is 33.4 Å². The maximum atomic E-state index is 12.6. The Morgan fingerprint density at radius 2 is 2.09 bits per heavy atom. The van der Waals surface area contributed by atoms with Crippen molar-refractivity contribution < 1.29 is 4.79 Å². The number of allylic oxidation sites excluding steroid dienone is 2. The Bertz CT molecular complexity index is 718. The summed E-state index contributed by atoms with van der Waals surface area (Å²) in [5, 5.41) is 0. The second-order valence-corrected chi connectivity index (χ2v) is 6.35. The SMILES string of the molecule is O=C([C@@H]1CC=CCC1)N1CC[C@@H](n2cnc3ccccc32)C1. The molecule has 2 aromatic rings. The van der Waals surface area contributed by atoms with Gasteiger partial charge < -0.3 is 9.47 Å². The number of nitrogens with zero attached hydrogens (tertiary/aromatic N) is 3. The van der Waals surface area contributed by atoms with E-state index in [2.05, 4.69) is 32.7 Å². The van der Waals surface area contributed by atoms with E-state index in [1.807, 2.05) is 24.5 Å². The molecule has 22 heavy (non-hydrogen) atoms. The third kappa shape index (κ3) is 2.32. The molecule has 0 unspecified atom stereocenters. The first-order chi connectivity index (χ1) is 10.8. The first kappa shape index (κ1) is 13.6. The maximum Gasteiger partial charge on any atom is 0.226 e. The summed E-state index contributed by atoms with van der Waals surface area (Å²) in [5.41, 5.74) is 2.20. The molecule has 4 rings (SSSR count). The number of para-hydroxylation sites is 2. The number of carbonyl (C=O) groups is 1. The molecular weight excluding hydrogens is 274 g/mol. The Morgan fingerprint density at radius 3 is 2.95 bits per heavy atom. The number of likely N-dealkylation sites (tertiary alicyclic amines) is 1. The minimum absolute atomic E-state index is 0.197. The van der Waals surface area contributed by atoms with Gasteiger partial charge in [-0.1, -0.05) is 24.3 Å². The number of hydrogen-bond donors (Lipinski definition) is 0. The number of rotatable bonds is 2. The van der Waals surface area contributed by atoms with Crippen LogP contribution < -0.4 is 0 Å². The zero-order valence-corrected chi connectivity index (χ0v) is 12.7. The van der Waals surface area contributed by atoms with E-state index in [0.717, 1.165) is 44.3 Å². The zero-order valence-electron chi connectivity index (χ0n) is 12.7. The van der Waals surface area contributed by atoms with Crippen LogP contribution in [0.1, 0.15) is 31.7 Å². The van der Waals surface area contributed by atoms with E-state index in [0.29, 0.717) is 11.9 Å². The van der Waals surface area contributed by atoms with Crippen LogP contribution in [0, 0.1) is 5.92 Å². The van der Waals surface area contributed by atoms with Crippen LogP contribution in [0.15, 0.2) is 42.7 Å². The van der Waals surface area contributed by atoms with Crippen LogP contribution in [0.25, 0.3) is 11.0 Å². The molecule has 1 aliphatic heterocycles. The summed E-state index contributed by atoms with van der Waals surface area (Å²) in [6.07, 6.45) is 10.2. The average molecular weight is 295 g/mol. The van der Waals surface area contributed by atoms with Crippen molar-refractivity contribution in [3.63, 3.8) is 0 Å². The normalized spacial score (nSPS) is 25.0. The van der Waals surface area contributed by atoms with Crippen molar-refractivity contribution >= 4 is 16.9 Å². The number of fused-ring (bicyclic) bond motifs is 1. The quantitative estimate of drug-likeness (QED) is 0.798. The van der Waals surface area contributed by atoms with Gasteiger partial charge in [-0.2, -0.15) is 0 Å². The van der Waals surface area contributed by atoms with Gasteiger partial charge in [0.15, 0.2) is 0 Å². The number of carbonyl (C=O) groups excluding carboxylic acids is 1. The van der Waals surface area contributed by atoms with E-state index in [4.69, 9.17) is 0 Å². The molecule has 2 aliphatic rings. The van der Waals surface area contributed by atoms with Gasteiger partial charge in [-0.25, -0.2) is 4.98 Å². The van der Waals surface area contributed by atoms with Crippen molar-refractivity contribution in [2.75, 3.05) is 13.1 Å². The van der Waals surface area contributed by atoms with Crippen molar-refractivity contribution in [3.05, 3.63) is 42.7 Å². The Labute approximate surface area is 130 Å². The summed E-state index contributed by atoms with van der Waals surface area (Å²) >= 11 is 0. The summed E-state index contributed by atoms with van der Waals surface area (Å²) in [7, 11) is 0. The molecule has 1 saturated heterocycles. The van der Waals surface area contributed by atoms with Crippen molar-refractivity contribution in [2.24, 2.45) is 5.92 Å². The van der Waals surface area contributed by atoms with Crippen molar-refractivity contribution in [1.82, 2.24) is 14.5 Å². The first-order valence-corrected chi connectivity index (χ1v) is 8.18. The second-order valence-electron chi connectivity index (χ2n) is 6.35. The van der Waals surface area contributed by atoms with E-state index in [-0.39, 0.29) is 5.92 Å². The third-order valence-electron chi connectivity index (χ3n) is 4.97. The van der Waals surface area contributed by atoms with Crippen LogP contribution in [0.3, 0.4) is 0 Å². The van der Waals surface area contributed by atoms with Gasteiger partial charge in [0.2, 0.25) is 5.91 Å². The fourth-order valence-corrected chi connectivity index (χ4v) is 3.71. The number of aromatic nitrogens is 2. The van der Waals surface area contributed by atoms with Crippen LogP contribution in [-0.2, 0) is 4.79 Å². The molecule has 4 heteroatoms. The molecule has 1 aliphatic carbocycles. The number of imidazole rings is 1.